The quantitative estimate of drug-likeness (QED) is 0.206. The smallest absolute Gasteiger partial charge is 0.341 e. The van der Waals surface area contributed by atoms with Gasteiger partial charge in [-0.15, -0.1) is 0 Å². The first-order valence-corrected chi connectivity index (χ1v) is 12.4. The van der Waals surface area contributed by atoms with Crippen LogP contribution in [0.5, 0.6) is 0 Å². The van der Waals surface area contributed by atoms with Crippen LogP contribution in [0.2, 0.25) is 23.3 Å². The minimum atomic E-state index is -1.87. The summed E-state index contributed by atoms with van der Waals surface area (Å²) in [6.07, 6.45) is 1.59. The van der Waals surface area contributed by atoms with E-state index in [0.717, 1.165) is 0 Å². The first-order chi connectivity index (χ1) is 12.8. The van der Waals surface area contributed by atoms with Crippen LogP contribution >= 0.6 is 11.6 Å². The molecule has 0 amide bonds. The third-order valence-electron chi connectivity index (χ3n) is 4.91. The molecule has 1 rings (SSSR count). The first-order valence-electron chi connectivity index (χ1n) is 9.10. The van der Waals surface area contributed by atoms with Crippen LogP contribution in [0.25, 0.3) is 0 Å². The number of halogens is 1. The number of ether oxygens (including phenoxy) is 1. The summed E-state index contributed by atoms with van der Waals surface area (Å²) in [6.45, 7) is 13.2. The van der Waals surface area contributed by atoms with E-state index in [-0.39, 0.29) is 33.8 Å². The molecule has 9 heteroatoms. The average Bonchev–Trinajstić information content (AvgIpc) is 2.57. The molecule has 158 valence electrons. The van der Waals surface area contributed by atoms with Gasteiger partial charge in [-0.2, -0.15) is 0 Å². The van der Waals surface area contributed by atoms with Gasteiger partial charge in [-0.05, 0) is 30.6 Å². The Morgan fingerprint density at radius 1 is 1.39 bits per heavy atom. The van der Waals surface area contributed by atoms with E-state index in [0.29, 0.717) is 12.2 Å². The molecule has 0 aliphatic rings. The van der Waals surface area contributed by atoms with Crippen molar-refractivity contribution in [3.63, 3.8) is 0 Å². The van der Waals surface area contributed by atoms with Gasteiger partial charge in [0.2, 0.25) is 0 Å². The van der Waals surface area contributed by atoms with Gasteiger partial charge in [0.05, 0.1) is 18.8 Å². The van der Waals surface area contributed by atoms with Crippen LogP contribution in [0, 0.1) is 0 Å². The minimum absolute atomic E-state index is 0.0278. The number of carbonyl (C=O) groups is 1. The number of hydrogen-bond acceptors (Lipinski definition) is 6. The van der Waals surface area contributed by atoms with Gasteiger partial charge in [-0.3, -0.25) is 4.79 Å². The summed E-state index contributed by atoms with van der Waals surface area (Å²) in [5, 5.41) is 4.06. The Kier molecular flexibility index (Phi) is 8.46. The Hall–Kier alpha value is -1.64. The van der Waals surface area contributed by atoms with Crippen LogP contribution in [-0.2, 0) is 27.5 Å². The van der Waals surface area contributed by atoms with Crippen molar-refractivity contribution in [2.75, 3.05) is 13.7 Å². The second kappa shape index (κ2) is 9.71. The van der Waals surface area contributed by atoms with Crippen LogP contribution in [0.1, 0.15) is 43.6 Å². The molecule has 0 N–H and O–H groups in total. The molecule has 1 aromatic heterocycles. The third-order valence-corrected chi connectivity index (χ3v) is 9.96. The largest absolute Gasteiger partial charge is 0.465 e. The number of methoxy groups -OCH3 is 1. The lowest BCUT2D eigenvalue weighted by Gasteiger charge is -2.38. The molecule has 0 spiro atoms. The fourth-order valence-corrected chi connectivity index (χ4v) is 3.95. The molecule has 0 radical (unpaired) electrons. The van der Waals surface area contributed by atoms with Crippen LogP contribution in [-0.4, -0.2) is 44.9 Å². The molecule has 0 aliphatic carbocycles. The zero-order valence-corrected chi connectivity index (χ0v) is 19.7. The molecular formula is C19H31ClN2O5Si. The number of carbonyl (C=O) groups excluding carboxylic acids is 1. The third kappa shape index (κ3) is 6.18. The van der Waals surface area contributed by atoms with E-state index >= 15 is 0 Å². The lowest BCUT2D eigenvalue weighted by Crippen LogP contribution is -2.44. The maximum absolute atomic E-state index is 12.0. The van der Waals surface area contributed by atoms with Crippen LogP contribution < -0.4 is 5.56 Å². The van der Waals surface area contributed by atoms with Crippen molar-refractivity contribution in [3.8, 4) is 0 Å². The molecule has 1 atom stereocenters. The fourth-order valence-electron chi connectivity index (χ4n) is 2.24. The number of rotatable bonds is 8. The number of esters is 1. The molecule has 0 unspecified atom stereocenters. The van der Waals surface area contributed by atoms with Gasteiger partial charge in [0.25, 0.3) is 5.56 Å². The predicted octanol–water partition coefficient (Wildman–Crippen LogP) is 3.78. The number of oxime groups is 1. The molecule has 0 bridgehead atoms. The molecule has 7 nitrogen and oxygen atoms in total. The highest BCUT2D eigenvalue weighted by Gasteiger charge is 2.38. The second-order valence-corrected chi connectivity index (χ2v) is 13.3. The molecule has 1 heterocycles. The van der Waals surface area contributed by atoms with Gasteiger partial charge < -0.3 is 18.6 Å². The van der Waals surface area contributed by atoms with Gasteiger partial charge in [0.1, 0.15) is 11.8 Å². The maximum Gasteiger partial charge on any atom is 0.341 e. The normalized spacial score (nSPS) is 13.6. The predicted molar refractivity (Wildman–Crippen MR) is 114 cm³/mol. The van der Waals surface area contributed by atoms with Gasteiger partial charge >= 0.3 is 5.97 Å². The summed E-state index contributed by atoms with van der Waals surface area (Å²) in [4.78, 5) is 29.3. The Morgan fingerprint density at radius 3 is 2.54 bits per heavy atom. The summed E-state index contributed by atoms with van der Waals surface area (Å²) in [7, 11) is 0.880. The van der Waals surface area contributed by atoms with Crippen molar-refractivity contribution < 1.29 is 18.8 Å². The molecule has 0 aromatic carbocycles. The summed E-state index contributed by atoms with van der Waals surface area (Å²) in [5.41, 5.74) is 0.253. The second-order valence-electron chi connectivity index (χ2n) is 8.20. The first kappa shape index (κ1) is 24.4. The summed E-state index contributed by atoms with van der Waals surface area (Å²) in [5.74, 6) is -0.610. The Bertz CT molecular complexity index is 784. The molecule has 0 saturated heterocycles. The van der Waals surface area contributed by atoms with Gasteiger partial charge in [0, 0.05) is 25.7 Å². The van der Waals surface area contributed by atoms with Gasteiger partial charge in [0.15, 0.2) is 8.32 Å². The number of nitrogens with zero attached hydrogens (tertiary/aromatic N) is 2. The standard InChI is InChI=1S/C19H31ClN2O5Si/c1-13(27-28(7,8)19(2,3)4)12-26-21-10-9-14-11-15(23)22(5)17(20)16(14)18(24)25-6/h10-11,13H,9,12H2,1-8H3/b21-10+/t13-/m0/s1. The topological polar surface area (TPSA) is 79.1 Å². The van der Waals surface area contributed by atoms with Crippen LogP contribution in [0.3, 0.4) is 0 Å². The van der Waals surface area contributed by atoms with E-state index < -0.39 is 14.3 Å². The molecule has 1 aromatic rings. The van der Waals surface area contributed by atoms with Crippen molar-refractivity contribution in [2.45, 2.75) is 58.4 Å². The van der Waals surface area contributed by atoms with Gasteiger partial charge in [-0.1, -0.05) is 37.5 Å². The van der Waals surface area contributed by atoms with E-state index in [2.05, 4.69) is 39.0 Å². The Labute approximate surface area is 172 Å². The number of hydrogen-bond donors (Lipinski definition) is 0. The summed E-state index contributed by atoms with van der Waals surface area (Å²) in [6, 6.07) is 1.34. The highest BCUT2D eigenvalue weighted by atomic mass is 35.5. The fraction of sp³-hybridized carbons (Fsp3) is 0.632. The number of pyridine rings is 1. The molecular weight excluding hydrogens is 400 g/mol. The molecule has 28 heavy (non-hydrogen) atoms. The highest BCUT2D eigenvalue weighted by molar-refractivity contribution is 6.74. The molecule has 0 fully saturated rings. The average molecular weight is 431 g/mol. The summed E-state index contributed by atoms with van der Waals surface area (Å²) >= 11 is 6.13. The Morgan fingerprint density at radius 2 is 2.00 bits per heavy atom. The van der Waals surface area contributed by atoms with Crippen molar-refractivity contribution >= 4 is 32.1 Å². The van der Waals surface area contributed by atoms with E-state index in [4.69, 9.17) is 25.6 Å². The van der Waals surface area contributed by atoms with E-state index in [1.54, 1.807) is 0 Å². The van der Waals surface area contributed by atoms with E-state index in [1.165, 1.54) is 31.0 Å². The zero-order valence-electron chi connectivity index (χ0n) is 18.0. The van der Waals surface area contributed by atoms with Crippen LogP contribution in [0.4, 0.5) is 0 Å². The van der Waals surface area contributed by atoms with Crippen molar-refractivity contribution in [2.24, 2.45) is 12.2 Å². The van der Waals surface area contributed by atoms with Crippen LogP contribution in [0.15, 0.2) is 16.0 Å². The minimum Gasteiger partial charge on any atom is -0.465 e. The molecule has 0 saturated carbocycles. The zero-order chi connectivity index (χ0) is 21.7. The highest BCUT2D eigenvalue weighted by Crippen LogP contribution is 2.37. The maximum atomic E-state index is 12.0. The SMILES string of the molecule is COC(=O)c1c(C/C=N/OC[C@H](C)O[Si](C)(C)C(C)(C)C)cc(=O)n(C)c1Cl. The lowest BCUT2D eigenvalue weighted by molar-refractivity contribution is 0.0563. The van der Waals surface area contributed by atoms with E-state index in [9.17, 15) is 9.59 Å². The summed E-state index contributed by atoms with van der Waals surface area (Å²) < 4.78 is 12.1. The van der Waals surface area contributed by atoms with Crippen molar-refractivity contribution in [3.05, 3.63) is 32.7 Å². The lowest BCUT2D eigenvalue weighted by atomic mass is 10.1. The van der Waals surface area contributed by atoms with E-state index in [1.807, 2.05) is 6.92 Å². The van der Waals surface area contributed by atoms with Gasteiger partial charge in [-0.25, -0.2) is 4.79 Å². The Balaban J connectivity index is 2.74. The monoisotopic (exact) mass is 430 g/mol. The number of aromatic nitrogens is 1. The molecule has 0 aliphatic heterocycles. The van der Waals surface area contributed by atoms with Crippen molar-refractivity contribution in [1.29, 1.82) is 0 Å². The van der Waals surface area contributed by atoms with Crippen molar-refractivity contribution in [1.82, 2.24) is 4.57 Å².